The van der Waals surface area contributed by atoms with Crippen LogP contribution in [0.2, 0.25) is 10.0 Å². The van der Waals surface area contributed by atoms with Crippen LogP contribution in [-0.2, 0) is 29.2 Å². The van der Waals surface area contributed by atoms with Crippen molar-refractivity contribution in [2.45, 2.75) is 51.9 Å². The lowest BCUT2D eigenvalue weighted by atomic mass is 9.96. The lowest BCUT2D eigenvalue weighted by Crippen LogP contribution is -2.38. The summed E-state index contributed by atoms with van der Waals surface area (Å²) < 4.78 is 7.48. The average Bonchev–Trinajstić information content (AvgIpc) is 3.07. The van der Waals surface area contributed by atoms with Gasteiger partial charge in [-0.1, -0.05) is 23.2 Å². The number of ether oxygens (including phenoxy) is 1. The van der Waals surface area contributed by atoms with Crippen molar-refractivity contribution in [3.05, 3.63) is 51.3 Å². The second kappa shape index (κ2) is 10.3. The molecule has 3 heterocycles. The molecule has 0 bridgehead atoms. The van der Waals surface area contributed by atoms with Crippen molar-refractivity contribution in [3.8, 4) is 0 Å². The van der Waals surface area contributed by atoms with Gasteiger partial charge in [-0.3, -0.25) is 14.4 Å². The first-order chi connectivity index (χ1) is 15.8. The molecule has 0 saturated carbocycles. The molecule has 1 unspecified atom stereocenters. The van der Waals surface area contributed by atoms with Crippen LogP contribution in [0.25, 0.3) is 0 Å². The van der Waals surface area contributed by atoms with E-state index in [0.29, 0.717) is 36.0 Å². The van der Waals surface area contributed by atoms with Crippen LogP contribution in [-0.4, -0.2) is 56.4 Å². The Labute approximate surface area is 203 Å². The van der Waals surface area contributed by atoms with Crippen molar-refractivity contribution in [2.24, 2.45) is 5.92 Å². The predicted molar refractivity (Wildman–Crippen MR) is 124 cm³/mol. The molecule has 8 nitrogen and oxygen atoms in total. The van der Waals surface area contributed by atoms with Crippen molar-refractivity contribution in [1.29, 1.82) is 0 Å². The van der Waals surface area contributed by atoms with Gasteiger partial charge in [0.05, 0.1) is 29.9 Å². The molecule has 2 aliphatic heterocycles. The molecule has 0 aliphatic carbocycles. The maximum Gasteiger partial charge on any atom is 0.410 e. The van der Waals surface area contributed by atoms with Gasteiger partial charge < -0.3 is 14.7 Å². The molecule has 1 saturated heterocycles. The van der Waals surface area contributed by atoms with E-state index in [2.05, 4.69) is 17.9 Å². The molecule has 178 valence electrons. The molecule has 0 spiro atoms. The van der Waals surface area contributed by atoms with E-state index in [1.807, 2.05) is 4.68 Å². The summed E-state index contributed by atoms with van der Waals surface area (Å²) in [5, 5.41) is 15.0. The van der Waals surface area contributed by atoms with Gasteiger partial charge in [-0.15, -0.1) is 0 Å². The number of carboxylic acids is 1. The van der Waals surface area contributed by atoms with E-state index in [9.17, 15) is 14.7 Å². The molecule has 4 rings (SSSR count). The first kappa shape index (κ1) is 23.9. The number of aliphatic carboxylic acids is 1. The number of benzene rings is 1. The fourth-order valence-electron chi connectivity index (χ4n) is 4.50. The number of carbonyl (C=O) groups is 2. The molecule has 1 aromatic carbocycles. The first-order valence-corrected chi connectivity index (χ1v) is 12.0. The second-order valence-electron chi connectivity index (χ2n) is 8.72. The normalized spacial score (nSPS) is 18.5. The second-order valence-corrected chi connectivity index (χ2v) is 9.59. The fourth-order valence-corrected chi connectivity index (χ4v) is 5.07. The number of rotatable bonds is 5. The maximum atomic E-state index is 12.7. The Bertz CT molecular complexity index is 1000. The maximum absolute atomic E-state index is 12.7. The predicted octanol–water partition coefficient (Wildman–Crippen LogP) is 4.59. The number of carbonyl (C=O) groups excluding carboxylic acids is 1. The highest BCUT2D eigenvalue weighted by atomic mass is 35.5. The van der Waals surface area contributed by atoms with Crippen LogP contribution < -0.4 is 0 Å². The summed E-state index contributed by atoms with van der Waals surface area (Å²) in [4.78, 5) is 27.9. The summed E-state index contributed by atoms with van der Waals surface area (Å²) in [6.45, 7) is 5.44. The van der Waals surface area contributed by atoms with E-state index in [1.165, 1.54) is 0 Å². The van der Waals surface area contributed by atoms with Crippen molar-refractivity contribution >= 4 is 35.3 Å². The molecule has 1 N–H and O–H groups in total. The number of carboxylic acid groups (broad SMARTS) is 1. The zero-order valence-electron chi connectivity index (χ0n) is 18.5. The number of halogens is 2. The summed E-state index contributed by atoms with van der Waals surface area (Å²) >= 11 is 12.0. The fraction of sp³-hybridized carbons (Fsp3) is 0.522. The van der Waals surface area contributed by atoms with Crippen LogP contribution in [0.4, 0.5) is 4.79 Å². The van der Waals surface area contributed by atoms with Crippen molar-refractivity contribution < 1.29 is 19.4 Å². The Balaban J connectivity index is 1.37. The molecule has 1 fully saturated rings. The number of hydrogen-bond acceptors (Lipinski definition) is 5. The minimum absolute atomic E-state index is 0.0900. The summed E-state index contributed by atoms with van der Waals surface area (Å²) in [6, 6.07) is 7.23. The van der Waals surface area contributed by atoms with Crippen LogP contribution in [0.15, 0.2) is 24.3 Å². The summed E-state index contributed by atoms with van der Waals surface area (Å²) in [5.41, 5.74) is 2.66. The number of aryl methyl sites for hydroxylation is 1. The van der Waals surface area contributed by atoms with Crippen molar-refractivity contribution in [2.75, 3.05) is 19.6 Å². The third kappa shape index (κ3) is 5.80. The molecule has 1 aromatic heterocycles. The van der Waals surface area contributed by atoms with Crippen LogP contribution in [0.5, 0.6) is 0 Å². The number of aromatic nitrogens is 2. The van der Waals surface area contributed by atoms with Gasteiger partial charge in [0.15, 0.2) is 0 Å². The number of hydrogen-bond donors (Lipinski definition) is 1. The molecule has 1 atom stereocenters. The summed E-state index contributed by atoms with van der Waals surface area (Å²) in [7, 11) is 0. The van der Waals surface area contributed by atoms with Crippen molar-refractivity contribution in [3.63, 3.8) is 0 Å². The molecule has 0 radical (unpaired) electrons. The summed E-state index contributed by atoms with van der Waals surface area (Å²) in [6.07, 6.45) is 1.71. The molecule has 33 heavy (non-hydrogen) atoms. The molecule has 2 aromatic rings. The third-order valence-electron chi connectivity index (χ3n) is 6.43. The lowest BCUT2D eigenvalue weighted by Gasteiger charge is -2.33. The lowest BCUT2D eigenvalue weighted by molar-refractivity contribution is -0.143. The number of nitrogens with zero attached hydrogens (tertiary/aromatic N) is 4. The number of fused-ring (bicyclic) bond motifs is 1. The molecular formula is C23H28Cl2N4O4. The van der Waals surface area contributed by atoms with E-state index in [1.54, 1.807) is 23.1 Å². The highest BCUT2D eigenvalue weighted by Gasteiger charge is 2.29. The largest absolute Gasteiger partial charge is 0.481 e. The smallest absolute Gasteiger partial charge is 0.410 e. The van der Waals surface area contributed by atoms with E-state index in [4.69, 9.17) is 33.0 Å². The van der Waals surface area contributed by atoms with Gasteiger partial charge in [-0.05, 0) is 69.1 Å². The van der Waals surface area contributed by atoms with Gasteiger partial charge in [0.1, 0.15) is 6.61 Å². The summed E-state index contributed by atoms with van der Waals surface area (Å²) in [5.74, 6) is -0.962. The van der Waals surface area contributed by atoms with Gasteiger partial charge in [0.25, 0.3) is 0 Å². The van der Waals surface area contributed by atoms with Gasteiger partial charge in [-0.2, -0.15) is 5.10 Å². The highest BCUT2D eigenvalue weighted by Crippen LogP contribution is 2.28. The highest BCUT2D eigenvalue weighted by molar-refractivity contribution is 6.34. The van der Waals surface area contributed by atoms with Crippen LogP contribution >= 0.6 is 23.2 Å². The van der Waals surface area contributed by atoms with E-state index in [-0.39, 0.29) is 24.7 Å². The van der Waals surface area contributed by atoms with Crippen LogP contribution in [0, 0.1) is 5.92 Å². The number of amides is 1. The standard InChI is InChI=1S/C23H28Cl2N4O4/c1-15(27-7-3-17(4-8-27)22(30)31)21-12-20-13-28(5-2-6-29(20)26-21)23(32)33-14-16-9-18(24)11-19(25)10-16/h9-12,15,17H,2-8,13-14H2,1H3,(H,30,31). The first-order valence-electron chi connectivity index (χ1n) is 11.2. The van der Waals surface area contributed by atoms with Gasteiger partial charge in [0.2, 0.25) is 0 Å². The van der Waals surface area contributed by atoms with Gasteiger partial charge >= 0.3 is 12.1 Å². The van der Waals surface area contributed by atoms with E-state index >= 15 is 0 Å². The number of likely N-dealkylation sites (tertiary alicyclic amines) is 1. The van der Waals surface area contributed by atoms with Gasteiger partial charge in [0, 0.05) is 23.1 Å². The molecule has 2 aliphatic rings. The third-order valence-corrected chi connectivity index (χ3v) is 6.87. The number of piperidine rings is 1. The zero-order valence-corrected chi connectivity index (χ0v) is 20.1. The zero-order chi connectivity index (χ0) is 23.5. The van der Waals surface area contributed by atoms with E-state index in [0.717, 1.165) is 43.0 Å². The minimum atomic E-state index is -0.707. The van der Waals surface area contributed by atoms with E-state index < -0.39 is 5.97 Å². The quantitative estimate of drug-likeness (QED) is 0.653. The Morgan fingerprint density at radius 3 is 2.48 bits per heavy atom. The monoisotopic (exact) mass is 494 g/mol. The SMILES string of the molecule is CC(c1cc2n(n1)CCCN(C(=O)OCc1cc(Cl)cc(Cl)c1)C2)N1CCC(C(=O)O)CC1. The van der Waals surface area contributed by atoms with Gasteiger partial charge in [-0.25, -0.2) is 4.79 Å². The van der Waals surface area contributed by atoms with Crippen LogP contribution in [0.1, 0.15) is 49.2 Å². The Kier molecular flexibility index (Phi) is 7.46. The van der Waals surface area contributed by atoms with Crippen molar-refractivity contribution in [1.82, 2.24) is 19.6 Å². The average molecular weight is 495 g/mol. The Hall–Kier alpha value is -2.29. The Morgan fingerprint density at radius 2 is 1.82 bits per heavy atom. The topological polar surface area (TPSA) is 87.9 Å². The Morgan fingerprint density at radius 1 is 1.12 bits per heavy atom. The molecule has 1 amide bonds. The molecular weight excluding hydrogens is 467 g/mol. The van der Waals surface area contributed by atoms with Crippen LogP contribution in [0.3, 0.4) is 0 Å². The molecule has 10 heteroatoms. The minimum Gasteiger partial charge on any atom is -0.481 e.